The minimum absolute atomic E-state index is 0.254. The van der Waals surface area contributed by atoms with Gasteiger partial charge < -0.3 is 9.84 Å². The molecule has 1 N–H and O–H groups in total. The van der Waals surface area contributed by atoms with Crippen molar-refractivity contribution in [2.45, 2.75) is 33.1 Å². The number of hydrogen-bond acceptors (Lipinski definition) is 3. The van der Waals surface area contributed by atoms with Gasteiger partial charge in [0.2, 0.25) is 12.8 Å². The lowest BCUT2D eigenvalue weighted by molar-refractivity contribution is -0.147. The van der Waals surface area contributed by atoms with Crippen molar-refractivity contribution in [3.8, 4) is 5.75 Å². The van der Waals surface area contributed by atoms with Gasteiger partial charge in [-0.25, -0.2) is 13.2 Å². The Hall–Kier alpha value is -2.02. The molecule has 1 saturated heterocycles. The average molecular weight is 383 g/mol. The van der Waals surface area contributed by atoms with Gasteiger partial charge in [-0.3, -0.25) is 9.69 Å². The topological polar surface area (TPSA) is 49.8 Å². The maximum absolute atomic E-state index is 13.8. The molecule has 27 heavy (non-hydrogen) atoms. The molecule has 7 heteroatoms. The second kappa shape index (κ2) is 7.92. The zero-order chi connectivity index (χ0) is 19.7. The number of ether oxygens (including phenoxy) is 1. The first-order chi connectivity index (χ1) is 12.7. The van der Waals surface area contributed by atoms with Gasteiger partial charge in [0.1, 0.15) is 5.75 Å². The fourth-order valence-electron chi connectivity index (χ4n) is 3.44. The number of carboxylic acids is 1. The Morgan fingerprint density at radius 1 is 1.33 bits per heavy atom. The molecule has 1 fully saturated rings. The highest BCUT2D eigenvalue weighted by molar-refractivity contribution is 5.71. The Bertz CT molecular complexity index is 731. The van der Waals surface area contributed by atoms with Crippen LogP contribution in [0.15, 0.2) is 23.8 Å². The zero-order valence-corrected chi connectivity index (χ0v) is 15.4. The van der Waals surface area contributed by atoms with Crippen LogP contribution in [0.2, 0.25) is 0 Å². The molecule has 0 aromatic heterocycles. The lowest BCUT2D eigenvalue weighted by atomic mass is 9.83. The summed E-state index contributed by atoms with van der Waals surface area (Å²) in [6, 6.07) is 5.12. The number of likely N-dealkylation sites (tertiary alicyclic amines) is 1. The largest absolute Gasteiger partial charge is 0.481 e. The number of nitrogens with zero attached hydrogens (tertiary/aromatic N) is 1. The van der Waals surface area contributed by atoms with E-state index in [0.29, 0.717) is 13.1 Å². The second-order valence-corrected chi connectivity index (χ2v) is 7.58. The molecule has 1 aromatic rings. The van der Waals surface area contributed by atoms with E-state index in [1.807, 2.05) is 6.07 Å². The number of aliphatic carboxylic acids is 1. The summed E-state index contributed by atoms with van der Waals surface area (Å²) in [5.74, 6) is -2.00. The third-order valence-corrected chi connectivity index (χ3v) is 5.39. The van der Waals surface area contributed by atoms with Gasteiger partial charge in [0.15, 0.2) is 0 Å². The Balaban J connectivity index is 1.66. The molecular formula is C20H24F3NO3. The summed E-state index contributed by atoms with van der Waals surface area (Å²) >= 11 is 0. The Morgan fingerprint density at radius 3 is 2.67 bits per heavy atom. The molecule has 0 bridgehead atoms. The molecule has 0 spiro atoms. The lowest BCUT2D eigenvalue weighted by Gasteiger charge is -2.38. The number of hydrogen-bond donors (Lipinski definition) is 1. The number of fused-ring (bicyclic) bond motifs is 1. The summed E-state index contributed by atoms with van der Waals surface area (Å²) in [5.41, 5.74) is 3.23. The van der Waals surface area contributed by atoms with E-state index in [1.54, 1.807) is 12.1 Å². The van der Waals surface area contributed by atoms with Crippen molar-refractivity contribution < 1.29 is 27.8 Å². The fourth-order valence-corrected chi connectivity index (χ4v) is 3.44. The standard InChI is InChI=1S/C20H24F3NO3/c1-11-5-14-7-17(27-19(23)12(2)18(21)22)4-3-13(14)6-15(11)8-24-9-16(10-24)20(25)26/h3-4,6-7,11-12,16,18-19H,5,8-10H2,1-2H3,(H,25,26)/t11-,12?,19+/m0/s1. The molecule has 1 aliphatic carbocycles. The molecule has 1 heterocycles. The van der Waals surface area contributed by atoms with Crippen molar-refractivity contribution in [3.63, 3.8) is 0 Å². The predicted molar refractivity (Wildman–Crippen MR) is 95.5 cm³/mol. The van der Waals surface area contributed by atoms with E-state index in [9.17, 15) is 18.0 Å². The number of carboxylic acid groups (broad SMARTS) is 1. The van der Waals surface area contributed by atoms with Crippen molar-refractivity contribution in [1.82, 2.24) is 4.90 Å². The van der Waals surface area contributed by atoms with Crippen LogP contribution >= 0.6 is 0 Å². The summed E-state index contributed by atoms with van der Waals surface area (Å²) in [6.07, 6.45) is -2.00. The lowest BCUT2D eigenvalue weighted by Crippen LogP contribution is -2.51. The highest BCUT2D eigenvalue weighted by Crippen LogP contribution is 2.33. The van der Waals surface area contributed by atoms with Crippen molar-refractivity contribution in [3.05, 3.63) is 34.9 Å². The van der Waals surface area contributed by atoms with E-state index in [1.165, 1.54) is 5.57 Å². The minimum atomic E-state index is -2.77. The number of halogens is 3. The number of rotatable bonds is 7. The van der Waals surface area contributed by atoms with E-state index >= 15 is 0 Å². The monoisotopic (exact) mass is 383 g/mol. The van der Waals surface area contributed by atoms with Gasteiger partial charge in [0, 0.05) is 19.6 Å². The highest BCUT2D eigenvalue weighted by atomic mass is 19.3. The smallest absolute Gasteiger partial charge is 0.309 e. The van der Waals surface area contributed by atoms with Gasteiger partial charge in [-0.05, 0) is 35.6 Å². The summed E-state index contributed by atoms with van der Waals surface area (Å²) < 4.78 is 44.1. The maximum atomic E-state index is 13.8. The first-order valence-electron chi connectivity index (χ1n) is 9.12. The second-order valence-electron chi connectivity index (χ2n) is 7.58. The predicted octanol–water partition coefficient (Wildman–Crippen LogP) is 3.85. The van der Waals surface area contributed by atoms with Crippen LogP contribution in [0.5, 0.6) is 5.75 Å². The molecule has 0 radical (unpaired) electrons. The van der Waals surface area contributed by atoms with Gasteiger partial charge in [-0.2, -0.15) is 0 Å². The number of carbonyl (C=O) groups is 1. The van der Waals surface area contributed by atoms with Crippen molar-refractivity contribution >= 4 is 12.0 Å². The van der Waals surface area contributed by atoms with E-state index in [2.05, 4.69) is 17.9 Å². The molecule has 148 valence electrons. The molecule has 1 aliphatic heterocycles. The van der Waals surface area contributed by atoms with Crippen LogP contribution in [0.25, 0.3) is 6.08 Å². The van der Waals surface area contributed by atoms with Crippen molar-refractivity contribution in [2.24, 2.45) is 17.8 Å². The van der Waals surface area contributed by atoms with Crippen LogP contribution < -0.4 is 4.74 Å². The Morgan fingerprint density at radius 2 is 2.04 bits per heavy atom. The molecule has 1 aromatic carbocycles. The fraction of sp³-hybridized carbons (Fsp3) is 0.550. The van der Waals surface area contributed by atoms with E-state index in [-0.39, 0.29) is 17.6 Å². The minimum Gasteiger partial charge on any atom is -0.481 e. The Kier molecular flexibility index (Phi) is 5.79. The first kappa shape index (κ1) is 19.7. The van der Waals surface area contributed by atoms with E-state index in [0.717, 1.165) is 31.0 Å². The molecular weight excluding hydrogens is 359 g/mol. The van der Waals surface area contributed by atoms with Gasteiger partial charge >= 0.3 is 5.97 Å². The zero-order valence-electron chi connectivity index (χ0n) is 15.4. The average Bonchev–Trinajstić information content (AvgIpc) is 2.56. The van der Waals surface area contributed by atoms with Gasteiger partial charge in [-0.15, -0.1) is 0 Å². The van der Waals surface area contributed by atoms with Crippen LogP contribution in [0.1, 0.15) is 25.0 Å². The molecule has 1 unspecified atom stereocenters. The molecule has 0 saturated carbocycles. The van der Waals surface area contributed by atoms with Crippen molar-refractivity contribution in [2.75, 3.05) is 19.6 Å². The van der Waals surface area contributed by atoms with Crippen LogP contribution in [0.4, 0.5) is 13.2 Å². The van der Waals surface area contributed by atoms with Crippen LogP contribution in [0, 0.1) is 17.8 Å². The quantitative estimate of drug-likeness (QED) is 0.777. The first-order valence-corrected chi connectivity index (χ1v) is 9.12. The summed E-state index contributed by atoms with van der Waals surface area (Å²) in [7, 11) is 0. The van der Waals surface area contributed by atoms with Gasteiger partial charge in [0.05, 0.1) is 11.8 Å². The highest BCUT2D eigenvalue weighted by Gasteiger charge is 2.33. The molecule has 3 atom stereocenters. The van der Waals surface area contributed by atoms with Gasteiger partial charge in [0.25, 0.3) is 0 Å². The summed E-state index contributed by atoms with van der Waals surface area (Å²) in [6.45, 7) is 5.09. The summed E-state index contributed by atoms with van der Waals surface area (Å²) in [4.78, 5) is 13.0. The SMILES string of the molecule is CC(C(F)F)[C@H](F)Oc1ccc2c(c1)C[C@H](C)C(CN1CC(C(=O)O)C1)=C2. The number of benzene rings is 1. The van der Waals surface area contributed by atoms with Crippen LogP contribution in [-0.2, 0) is 11.2 Å². The summed E-state index contributed by atoms with van der Waals surface area (Å²) in [5, 5.41) is 8.97. The maximum Gasteiger partial charge on any atom is 0.309 e. The third-order valence-electron chi connectivity index (χ3n) is 5.39. The third kappa shape index (κ3) is 4.46. The van der Waals surface area contributed by atoms with Gasteiger partial charge in [-0.1, -0.05) is 31.6 Å². The molecule has 4 nitrogen and oxygen atoms in total. The normalized spacial score (nSPS) is 22.6. The van der Waals surface area contributed by atoms with Crippen molar-refractivity contribution in [1.29, 1.82) is 0 Å². The Labute approximate surface area is 156 Å². The number of alkyl halides is 3. The van der Waals surface area contributed by atoms with E-state index in [4.69, 9.17) is 9.84 Å². The molecule has 3 rings (SSSR count). The molecule has 2 aliphatic rings. The van der Waals surface area contributed by atoms with Crippen LogP contribution in [0.3, 0.4) is 0 Å². The van der Waals surface area contributed by atoms with Crippen LogP contribution in [-0.4, -0.2) is 48.4 Å². The molecule has 0 amide bonds. The van der Waals surface area contributed by atoms with E-state index < -0.39 is 24.7 Å².